The van der Waals surface area contributed by atoms with Gasteiger partial charge in [-0.25, -0.2) is 4.79 Å². The van der Waals surface area contributed by atoms with Crippen LogP contribution in [0.2, 0.25) is 0 Å². The van der Waals surface area contributed by atoms with E-state index in [0.29, 0.717) is 12.5 Å². The van der Waals surface area contributed by atoms with Gasteiger partial charge in [-0.05, 0) is 104 Å². The second-order valence-corrected chi connectivity index (χ2v) is 10.9. The SMILES string of the molecule is CC1=Cc2cccc(Oc3ccc(CNC(=O)Nc4cc(C)c(C)cc4CCCC(C)C)cc3C)c2C1. The van der Waals surface area contributed by atoms with Gasteiger partial charge in [-0.3, -0.25) is 0 Å². The number of benzene rings is 3. The molecule has 0 fully saturated rings. The highest BCUT2D eigenvalue weighted by Crippen LogP contribution is 2.36. The summed E-state index contributed by atoms with van der Waals surface area (Å²) in [5.74, 6) is 2.44. The first-order chi connectivity index (χ1) is 17.7. The normalized spacial score (nSPS) is 12.4. The van der Waals surface area contributed by atoms with Gasteiger partial charge >= 0.3 is 6.03 Å². The minimum absolute atomic E-state index is 0.186. The van der Waals surface area contributed by atoms with Crippen molar-refractivity contribution in [2.75, 3.05) is 5.32 Å². The van der Waals surface area contributed by atoms with Crippen LogP contribution in [0, 0.1) is 26.7 Å². The molecule has 0 aliphatic heterocycles. The summed E-state index contributed by atoms with van der Waals surface area (Å²) in [6.45, 7) is 13.4. The molecule has 0 saturated carbocycles. The third-order valence-corrected chi connectivity index (χ3v) is 7.13. The number of anilines is 1. The van der Waals surface area contributed by atoms with Crippen LogP contribution in [0.4, 0.5) is 10.5 Å². The number of carbonyl (C=O) groups is 1. The predicted molar refractivity (Wildman–Crippen MR) is 155 cm³/mol. The highest BCUT2D eigenvalue weighted by Gasteiger charge is 2.16. The van der Waals surface area contributed by atoms with E-state index in [1.165, 1.54) is 39.8 Å². The molecule has 0 heterocycles. The van der Waals surface area contributed by atoms with Crippen LogP contribution in [0.3, 0.4) is 0 Å². The molecule has 0 aromatic heterocycles. The van der Waals surface area contributed by atoms with Crippen molar-refractivity contribution >= 4 is 17.8 Å². The number of urea groups is 1. The molecule has 0 saturated heterocycles. The van der Waals surface area contributed by atoms with Gasteiger partial charge in [-0.2, -0.15) is 0 Å². The Hall–Kier alpha value is -3.53. The van der Waals surface area contributed by atoms with Crippen molar-refractivity contribution in [1.82, 2.24) is 5.32 Å². The molecule has 3 aromatic carbocycles. The number of aryl methyl sites for hydroxylation is 4. The van der Waals surface area contributed by atoms with Crippen LogP contribution in [0.5, 0.6) is 11.5 Å². The Kier molecular flexibility index (Phi) is 8.38. The molecule has 0 spiro atoms. The zero-order chi connectivity index (χ0) is 26.5. The van der Waals surface area contributed by atoms with Crippen molar-refractivity contribution in [1.29, 1.82) is 0 Å². The fraction of sp³-hybridized carbons (Fsp3) is 0.364. The molecule has 4 nitrogen and oxygen atoms in total. The number of hydrogen-bond donors (Lipinski definition) is 2. The minimum Gasteiger partial charge on any atom is -0.457 e. The molecule has 2 N–H and O–H groups in total. The first kappa shape index (κ1) is 26.5. The van der Waals surface area contributed by atoms with Crippen LogP contribution < -0.4 is 15.4 Å². The molecule has 0 bridgehead atoms. The highest BCUT2D eigenvalue weighted by molar-refractivity contribution is 5.90. The van der Waals surface area contributed by atoms with Crippen molar-refractivity contribution in [2.45, 2.75) is 73.8 Å². The lowest BCUT2D eigenvalue weighted by atomic mass is 9.97. The van der Waals surface area contributed by atoms with Crippen molar-refractivity contribution < 1.29 is 9.53 Å². The third-order valence-electron chi connectivity index (χ3n) is 7.13. The van der Waals surface area contributed by atoms with E-state index in [-0.39, 0.29) is 6.03 Å². The topological polar surface area (TPSA) is 50.4 Å². The minimum atomic E-state index is -0.186. The van der Waals surface area contributed by atoms with E-state index >= 15 is 0 Å². The summed E-state index contributed by atoms with van der Waals surface area (Å²) in [5, 5.41) is 6.11. The van der Waals surface area contributed by atoms with Crippen LogP contribution in [-0.2, 0) is 19.4 Å². The number of allylic oxidation sites excluding steroid dienone is 1. The number of nitrogens with one attached hydrogen (secondary N) is 2. The Morgan fingerprint density at radius 2 is 1.73 bits per heavy atom. The molecule has 0 radical (unpaired) electrons. The van der Waals surface area contributed by atoms with Gasteiger partial charge in [-0.1, -0.05) is 62.2 Å². The molecule has 0 unspecified atom stereocenters. The smallest absolute Gasteiger partial charge is 0.319 e. The van der Waals surface area contributed by atoms with Gasteiger partial charge in [-0.15, -0.1) is 0 Å². The largest absolute Gasteiger partial charge is 0.457 e. The predicted octanol–water partition coefficient (Wildman–Crippen LogP) is 8.66. The lowest BCUT2D eigenvalue weighted by Crippen LogP contribution is -2.28. The van der Waals surface area contributed by atoms with Crippen LogP contribution in [-0.4, -0.2) is 6.03 Å². The molecule has 4 rings (SSSR count). The summed E-state index contributed by atoms with van der Waals surface area (Å²) in [5.41, 5.74) is 10.5. The Morgan fingerprint density at radius 3 is 2.49 bits per heavy atom. The Morgan fingerprint density at radius 1 is 0.946 bits per heavy atom. The third kappa shape index (κ3) is 6.82. The Balaban J connectivity index is 1.37. The fourth-order valence-corrected chi connectivity index (χ4v) is 4.90. The summed E-state index contributed by atoms with van der Waals surface area (Å²) < 4.78 is 6.31. The lowest BCUT2D eigenvalue weighted by molar-refractivity contribution is 0.251. The monoisotopic (exact) mass is 496 g/mol. The van der Waals surface area contributed by atoms with Gasteiger partial charge < -0.3 is 15.4 Å². The Bertz CT molecular complexity index is 1320. The molecule has 194 valence electrons. The molecule has 4 heteroatoms. The first-order valence-electron chi connectivity index (χ1n) is 13.4. The number of ether oxygens (including phenoxy) is 1. The molecule has 2 amide bonds. The van der Waals surface area contributed by atoms with Gasteiger partial charge in [0.15, 0.2) is 0 Å². The van der Waals surface area contributed by atoms with E-state index in [1.807, 2.05) is 31.2 Å². The van der Waals surface area contributed by atoms with Gasteiger partial charge in [0, 0.05) is 17.8 Å². The van der Waals surface area contributed by atoms with E-state index in [2.05, 4.69) is 75.6 Å². The molecular weight excluding hydrogens is 456 g/mol. The Labute approximate surface area is 222 Å². The van der Waals surface area contributed by atoms with Crippen LogP contribution >= 0.6 is 0 Å². The fourth-order valence-electron chi connectivity index (χ4n) is 4.90. The number of carbonyl (C=O) groups excluding carboxylic acids is 1. The quantitative estimate of drug-likeness (QED) is 0.311. The maximum atomic E-state index is 12.8. The average Bonchev–Trinajstić information content (AvgIpc) is 3.23. The molecule has 37 heavy (non-hydrogen) atoms. The number of rotatable bonds is 9. The maximum absolute atomic E-state index is 12.8. The summed E-state index contributed by atoms with van der Waals surface area (Å²) in [6.07, 6.45) is 6.42. The van der Waals surface area contributed by atoms with Gasteiger partial charge in [0.1, 0.15) is 11.5 Å². The number of fused-ring (bicyclic) bond motifs is 1. The van der Waals surface area contributed by atoms with Crippen molar-refractivity contribution in [2.24, 2.45) is 5.92 Å². The summed E-state index contributed by atoms with van der Waals surface area (Å²) in [6, 6.07) is 16.4. The first-order valence-corrected chi connectivity index (χ1v) is 13.4. The summed E-state index contributed by atoms with van der Waals surface area (Å²) in [7, 11) is 0. The van der Waals surface area contributed by atoms with Gasteiger partial charge in [0.25, 0.3) is 0 Å². The zero-order valence-electron chi connectivity index (χ0n) is 23.1. The molecule has 1 aliphatic carbocycles. The standard InChI is InChI=1S/C33H40N2O2/c1-21(2)9-7-11-28-18-23(4)24(5)19-30(28)35-33(36)34-20-26-13-14-31(25(6)17-26)37-32-12-8-10-27-15-22(3)16-29(27)32/h8,10,12-15,17-19,21H,7,9,11,16,20H2,1-6H3,(H2,34,35,36). The number of hydrogen-bond acceptors (Lipinski definition) is 2. The second kappa shape index (κ2) is 11.7. The van der Waals surface area contributed by atoms with Crippen molar-refractivity contribution in [3.8, 4) is 11.5 Å². The number of amides is 2. The molecular formula is C33H40N2O2. The molecule has 3 aromatic rings. The van der Waals surface area contributed by atoms with E-state index in [9.17, 15) is 4.79 Å². The molecule has 1 aliphatic rings. The van der Waals surface area contributed by atoms with Crippen molar-refractivity contribution in [3.63, 3.8) is 0 Å². The van der Waals surface area contributed by atoms with E-state index < -0.39 is 0 Å². The summed E-state index contributed by atoms with van der Waals surface area (Å²) >= 11 is 0. The van der Waals surface area contributed by atoms with Crippen molar-refractivity contribution in [3.05, 3.63) is 93.0 Å². The molecule has 0 atom stereocenters. The van der Waals surface area contributed by atoms with Crippen LogP contribution in [0.15, 0.2) is 54.1 Å². The zero-order valence-corrected chi connectivity index (χ0v) is 23.1. The van der Waals surface area contributed by atoms with E-state index in [4.69, 9.17) is 4.74 Å². The average molecular weight is 497 g/mol. The van der Waals surface area contributed by atoms with E-state index in [1.54, 1.807) is 0 Å². The van der Waals surface area contributed by atoms with Gasteiger partial charge in [0.2, 0.25) is 0 Å². The van der Waals surface area contributed by atoms with E-state index in [0.717, 1.165) is 47.6 Å². The highest BCUT2D eigenvalue weighted by atomic mass is 16.5. The summed E-state index contributed by atoms with van der Waals surface area (Å²) in [4.78, 5) is 12.8. The maximum Gasteiger partial charge on any atom is 0.319 e. The van der Waals surface area contributed by atoms with Crippen LogP contribution in [0.25, 0.3) is 6.08 Å². The lowest BCUT2D eigenvalue weighted by Gasteiger charge is -2.16. The van der Waals surface area contributed by atoms with Crippen LogP contribution in [0.1, 0.15) is 72.6 Å². The van der Waals surface area contributed by atoms with Gasteiger partial charge in [0.05, 0.1) is 0 Å². The second-order valence-electron chi connectivity index (χ2n) is 10.9.